The topological polar surface area (TPSA) is 94.5 Å². The molecular formula is C22H24N4O3. The first kappa shape index (κ1) is 20.5. The molecule has 150 valence electrons. The van der Waals surface area contributed by atoms with Crippen molar-refractivity contribution in [2.45, 2.75) is 12.5 Å². The van der Waals surface area contributed by atoms with Crippen molar-refractivity contribution in [3.63, 3.8) is 0 Å². The molecular weight excluding hydrogens is 368 g/mol. The number of rotatable bonds is 6. The number of nitriles is 1. The van der Waals surface area contributed by atoms with Crippen molar-refractivity contribution in [1.82, 2.24) is 10.2 Å². The van der Waals surface area contributed by atoms with Crippen LogP contribution in [0.4, 0.5) is 5.69 Å². The van der Waals surface area contributed by atoms with Gasteiger partial charge in [-0.25, -0.2) is 0 Å². The molecule has 1 atom stereocenters. The normalized spacial score (nSPS) is 16.6. The first-order chi connectivity index (χ1) is 14.2. The van der Waals surface area contributed by atoms with E-state index in [1.54, 1.807) is 24.3 Å². The zero-order valence-electron chi connectivity index (χ0n) is 16.1. The number of nitrogens with zero attached hydrogens (tertiary/aromatic N) is 2. The Balaban J connectivity index is 1.39. The number of para-hydroxylation sites is 1. The summed E-state index contributed by atoms with van der Waals surface area (Å²) in [5, 5.41) is 14.1. The second-order valence-electron chi connectivity index (χ2n) is 6.79. The molecule has 1 heterocycles. The van der Waals surface area contributed by atoms with Crippen molar-refractivity contribution in [1.29, 1.82) is 5.26 Å². The number of nitrogens with one attached hydrogen (secondary N) is 2. The molecule has 0 radical (unpaired) electrons. The van der Waals surface area contributed by atoms with Crippen LogP contribution in [0, 0.1) is 11.3 Å². The number of amides is 2. The molecule has 7 heteroatoms. The number of carbonyl (C=O) groups is 2. The smallest absolute Gasteiger partial charge is 0.313 e. The summed E-state index contributed by atoms with van der Waals surface area (Å²) in [4.78, 5) is 26.3. The SMILES string of the molecule is N#Cc1ccccc1NC(=O)C(=O)NCCCN1CCOC(c2ccccc2)C1. The number of anilines is 1. The summed E-state index contributed by atoms with van der Waals surface area (Å²) in [5.74, 6) is -1.48. The second-order valence-corrected chi connectivity index (χ2v) is 6.79. The van der Waals surface area contributed by atoms with Crippen LogP contribution in [0.2, 0.25) is 0 Å². The Hall–Kier alpha value is -3.21. The molecule has 2 amide bonds. The largest absolute Gasteiger partial charge is 0.371 e. The van der Waals surface area contributed by atoms with Gasteiger partial charge in [0.2, 0.25) is 0 Å². The predicted octanol–water partition coefficient (Wildman–Crippen LogP) is 2.08. The highest BCUT2D eigenvalue weighted by molar-refractivity contribution is 6.39. The van der Waals surface area contributed by atoms with Gasteiger partial charge in [-0.05, 0) is 24.1 Å². The molecule has 1 aliphatic heterocycles. The standard InChI is InChI=1S/C22H24N4O3/c23-15-18-9-4-5-10-19(18)25-22(28)21(27)24-11-6-12-26-13-14-29-20(16-26)17-7-2-1-3-8-17/h1-5,7-10,20H,6,11-14,16H2,(H,24,27)(H,25,28). The minimum absolute atomic E-state index is 0.0607. The van der Waals surface area contributed by atoms with Crippen LogP contribution in [-0.4, -0.2) is 49.5 Å². The first-order valence-corrected chi connectivity index (χ1v) is 9.64. The summed E-state index contributed by atoms with van der Waals surface area (Å²) in [6.45, 7) is 3.55. The van der Waals surface area contributed by atoms with E-state index in [2.05, 4.69) is 27.7 Å². The molecule has 0 aromatic heterocycles. The van der Waals surface area contributed by atoms with Crippen LogP contribution in [-0.2, 0) is 14.3 Å². The van der Waals surface area contributed by atoms with Crippen molar-refractivity contribution in [3.8, 4) is 6.07 Å². The van der Waals surface area contributed by atoms with E-state index in [1.807, 2.05) is 24.3 Å². The van der Waals surface area contributed by atoms with E-state index in [-0.39, 0.29) is 6.10 Å². The van der Waals surface area contributed by atoms with Crippen LogP contribution in [0.25, 0.3) is 0 Å². The molecule has 3 rings (SSSR count). The molecule has 29 heavy (non-hydrogen) atoms. The Labute approximate surface area is 170 Å². The van der Waals surface area contributed by atoms with Gasteiger partial charge in [0.15, 0.2) is 0 Å². The molecule has 2 N–H and O–H groups in total. The summed E-state index contributed by atoms with van der Waals surface area (Å²) < 4.78 is 5.86. The minimum atomic E-state index is -0.775. The second kappa shape index (κ2) is 10.4. The lowest BCUT2D eigenvalue weighted by Gasteiger charge is -2.33. The molecule has 0 bridgehead atoms. The molecule has 0 aliphatic carbocycles. The maximum absolute atomic E-state index is 12.0. The van der Waals surface area contributed by atoms with Gasteiger partial charge in [0, 0.05) is 26.2 Å². The van der Waals surface area contributed by atoms with Crippen molar-refractivity contribution >= 4 is 17.5 Å². The highest BCUT2D eigenvalue weighted by Gasteiger charge is 2.21. The van der Waals surface area contributed by atoms with Gasteiger partial charge in [-0.15, -0.1) is 0 Å². The van der Waals surface area contributed by atoms with E-state index in [0.29, 0.717) is 24.4 Å². The summed E-state index contributed by atoms with van der Waals surface area (Å²) in [7, 11) is 0. The average molecular weight is 392 g/mol. The Morgan fingerprint density at radius 1 is 1.10 bits per heavy atom. The Bertz CT molecular complexity index is 879. The minimum Gasteiger partial charge on any atom is -0.371 e. The number of ether oxygens (including phenoxy) is 1. The Kier molecular flexibility index (Phi) is 7.34. The third kappa shape index (κ3) is 5.88. The fraction of sp³-hybridized carbons (Fsp3) is 0.318. The fourth-order valence-electron chi connectivity index (χ4n) is 3.23. The van der Waals surface area contributed by atoms with Gasteiger partial charge in [0.1, 0.15) is 6.07 Å². The molecule has 2 aromatic rings. The lowest BCUT2D eigenvalue weighted by atomic mass is 10.1. The average Bonchev–Trinajstić information content (AvgIpc) is 2.77. The monoisotopic (exact) mass is 392 g/mol. The molecule has 0 spiro atoms. The Morgan fingerprint density at radius 3 is 2.66 bits per heavy atom. The number of benzene rings is 2. The van der Waals surface area contributed by atoms with Gasteiger partial charge in [-0.1, -0.05) is 42.5 Å². The highest BCUT2D eigenvalue weighted by atomic mass is 16.5. The zero-order chi connectivity index (χ0) is 20.5. The maximum atomic E-state index is 12.0. The lowest BCUT2D eigenvalue weighted by Crippen LogP contribution is -2.41. The van der Waals surface area contributed by atoms with Crippen LogP contribution in [0.15, 0.2) is 54.6 Å². The third-order valence-electron chi connectivity index (χ3n) is 4.76. The van der Waals surface area contributed by atoms with Crippen LogP contribution < -0.4 is 10.6 Å². The molecule has 1 unspecified atom stereocenters. The van der Waals surface area contributed by atoms with Crippen molar-refractivity contribution < 1.29 is 14.3 Å². The molecule has 1 saturated heterocycles. The van der Waals surface area contributed by atoms with Gasteiger partial charge >= 0.3 is 11.8 Å². The van der Waals surface area contributed by atoms with Gasteiger partial charge < -0.3 is 15.4 Å². The number of carbonyl (C=O) groups excluding carboxylic acids is 2. The van der Waals surface area contributed by atoms with Gasteiger partial charge in [-0.2, -0.15) is 5.26 Å². The van der Waals surface area contributed by atoms with Crippen molar-refractivity contribution in [2.75, 3.05) is 38.1 Å². The lowest BCUT2D eigenvalue weighted by molar-refractivity contribution is -0.136. The molecule has 2 aromatic carbocycles. The van der Waals surface area contributed by atoms with Gasteiger partial charge in [-0.3, -0.25) is 14.5 Å². The first-order valence-electron chi connectivity index (χ1n) is 9.64. The van der Waals surface area contributed by atoms with Gasteiger partial charge in [0.25, 0.3) is 0 Å². The summed E-state index contributed by atoms with van der Waals surface area (Å²) in [6, 6.07) is 18.7. The predicted molar refractivity (Wildman–Crippen MR) is 109 cm³/mol. The van der Waals surface area contributed by atoms with E-state index in [9.17, 15) is 9.59 Å². The number of hydrogen-bond acceptors (Lipinski definition) is 5. The molecule has 7 nitrogen and oxygen atoms in total. The van der Waals surface area contributed by atoms with Crippen LogP contribution >= 0.6 is 0 Å². The van der Waals surface area contributed by atoms with E-state index in [0.717, 1.165) is 26.1 Å². The number of morpholine rings is 1. The summed E-state index contributed by atoms with van der Waals surface area (Å²) in [5.41, 5.74) is 1.81. The van der Waals surface area contributed by atoms with Gasteiger partial charge in [0.05, 0.1) is 24.0 Å². The summed E-state index contributed by atoms with van der Waals surface area (Å²) in [6.07, 6.45) is 0.792. The molecule has 1 aliphatic rings. The highest BCUT2D eigenvalue weighted by Crippen LogP contribution is 2.21. The van der Waals surface area contributed by atoms with Crippen LogP contribution in [0.3, 0.4) is 0 Å². The molecule has 1 fully saturated rings. The molecule has 0 saturated carbocycles. The van der Waals surface area contributed by atoms with Crippen molar-refractivity contribution in [2.24, 2.45) is 0 Å². The van der Waals surface area contributed by atoms with E-state index < -0.39 is 11.8 Å². The van der Waals surface area contributed by atoms with E-state index in [4.69, 9.17) is 10.00 Å². The Morgan fingerprint density at radius 2 is 1.86 bits per heavy atom. The van der Waals surface area contributed by atoms with Crippen molar-refractivity contribution in [3.05, 3.63) is 65.7 Å². The maximum Gasteiger partial charge on any atom is 0.313 e. The third-order valence-corrected chi connectivity index (χ3v) is 4.76. The quantitative estimate of drug-likeness (QED) is 0.580. The number of hydrogen-bond donors (Lipinski definition) is 2. The van der Waals surface area contributed by atoms with Crippen LogP contribution in [0.1, 0.15) is 23.7 Å². The van der Waals surface area contributed by atoms with E-state index in [1.165, 1.54) is 5.56 Å². The van der Waals surface area contributed by atoms with E-state index >= 15 is 0 Å². The van der Waals surface area contributed by atoms with Crippen LogP contribution in [0.5, 0.6) is 0 Å². The fourth-order valence-corrected chi connectivity index (χ4v) is 3.23. The summed E-state index contributed by atoms with van der Waals surface area (Å²) >= 11 is 0. The zero-order valence-corrected chi connectivity index (χ0v) is 16.1.